The van der Waals surface area contributed by atoms with Gasteiger partial charge in [-0.2, -0.15) is 13.2 Å². The van der Waals surface area contributed by atoms with Gasteiger partial charge in [-0.25, -0.2) is 17.6 Å². The average molecular weight is 372 g/mol. The van der Waals surface area contributed by atoms with E-state index >= 15 is 0 Å². The number of hydrogen-bond acceptors (Lipinski definition) is 4. The molecule has 0 amide bonds. The van der Waals surface area contributed by atoms with E-state index < -0.39 is 15.6 Å². The Morgan fingerprint density at radius 3 is 1.67 bits per heavy atom. The van der Waals surface area contributed by atoms with Crippen LogP contribution in [0.5, 0.6) is 0 Å². The van der Waals surface area contributed by atoms with E-state index in [-0.39, 0.29) is 16.9 Å². The maximum absolute atomic E-state index is 11.6. The Bertz CT molecular complexity index is 693. The highest BCUT2D eigenvalue weighted by Gasteiger charge is 2.37. The smallest absolute Gasteiger partial charge is 0.485 e. The van der Waals surface area contributed by atoms with Crippen molar-refractivity contribution in [1.82, 2.24) is 4.57 Å². The Labute approximate surface area is 140 Å². The summed E-state index contributed by atoms with van der Waals surface area (Å²) >= 11 is 0. The van der Waals surface area contributed by atoms with E-state index in [1.807, 2.05) is 17.1 Å². The zero-order chi connectivity index (χ0) is 19.7. The van der Waals surface area contributed by atoms with Crippen LogP contribution in [0.25, 0.3) is 0 Å². The fourth-order valence-corrected chi connectivity index (χ4v) is 1.58. The molecular formula is C14H23F3N2O4S. The Hall–Kier alpha value is -1.42. The monoisotopic (exact) mass is 372 g/mol. The highest BCUT2D eigenvalue weighted by Crippen LogP contribution is 2.20. The van der Waals surface area contributed by atoms with Crippen molar-refractivity contribution in [1.29, 1.82) is 0 Å². The number of imidazole rings is 1. The number of hydrogen-bond donors (Lipinski definition) is 0. The van der Waals surface area contributed by atoms with E-state index in [2.05, 4.69) is 46.1 Å². The van der Waals surface area contributed by atoms with Crippen molar-refractivity contribution in [2.45, 2.75) is 65.1 Å². The summed E-state index contributed by atoms with van der Waals surface area (Å²) in [6, 6.07) is 0. The van der Waals surface area contributed by atoms with Crippen LogP contribution in [0.2, 0.25) is 0 Å². The molecule has 0 radical (unpaired) electrons. The molecule has 0 fully saturated rings. The molecule has 0 aliphatic rings. The lowest BCUT2D eigenvalue weighted by Crippen LogP contribution is -2.48. The van der Waals surface area contributed by atoms with Gasteiger partial charge in [0.2, 0.25) is 17.8 Å². The predicted octanol–water partition coefficient (Wildman–Crippen LogP) is 2.54. The summed E-state index contributed by atoms with van der Waals surface area (Å²) in [6.45, 7) is 14.3. The van der Waals surface area contributed by atoms with Gasteiger partial charge in [0.1, 0.15) is 17.3 Å². The van der Waals surface area contributed by atoms with Gasteiger partial charge in [-0.05, 0) is 41.5 Å². The van der Waals surface area contributed by atoms with Crippen molar-refractivity contribution >= 4 is 15.9 Å². The third kappa shape index (κ3) is 6.23. The zero-order valence-corrected chi connectivity index (χ0v) is 15.5. The van der Waals surface area contributed by atoms with Crippen LogP contribution < -0.4 is 4.57 Å². The lowest BCUT2D eigenvalue weighted by molar-refractivity contribution is -0.753. The maximum atomic E-state index is 11.6. The predicted molar refractivity (Wildman–Crippen MR) is 80.4 cm³/mol. The molecule has 0 unspecified atom stereocenters. The molecule has 1 aromatic heterocycles. The molecule has 6 nitrogen and oxygen atoms in total. The molecule has 0 aromatic carbocycles. The number of ketones is 1. The number of aromatic nitrogens is 2. The minimum atomic E-state index is -6.09. The molecule has 0 bridgehead atoms. The highest BCUT2D eigenvalue weighted by molar-refractivity contribution is 7.86. The van der Waals surface area contributed by atoms with Gasteiger partial charge in [0.15, 0.2) is 10.1 Å². The summed E-state index contributed by atoms with van der Waals surface area (Å²) in [4.78, 5) is 11.6. The standard InChI is InChI=1S/C13H23N2O.CHF3O3S/c1-10(16)11-8-14(12(2,3)4)9-15(11)13(5,6)7;2-1(3,4)8(5,6)7/h8-9H,1-7H3;(H,5,6,7)/q+1;/p-1. The first-order valence-corrected chi connectivity index (χ1v) is 8.37. The van der Waals surface area contributed by atoms with Crippen LogP contribution in [0.1, 0.15) is 59.0 Å². The van der Waals surface area contributed by atoms with Crippen molar-refractivity contribution in [2.75, 3.05) is 0 Å². The fourth-order valence-electron chi connectivity index (χ4n) is 1.58. The fraction of sp³-hybridized carbons (Fsp3) is 0.714. The number of nitrogens with zero attached hydrogens (tertiary/aromatic N) is 2. The number of carbonyl (C=O) groups is 1. The molecule has 10 heteroatoms. The third-order valence-electron chi connectivity index (χ3n) is 2.90. The lowest BCUT2D eigenvalue weighted by atomic mass is 10.1. The maximum Gasteiger partial charge on any atom is 0.485 e. The van der Waals surface area contributed by atoms with Crippen LogP contribution in [0.15, 0.2) is 12.5 Å². The summed E-state index contributed by atoms with van der Waals surface area (Å²) in [5.74, 6) is 0.109. The molecule has 0 saturated heterocycles. The van der Waals surface area contributed by atoms with Gasteiger partial charge in [0.05, 0.1) is 0 Å². The normalized spacial score (nSPS) is 13.3. The number of halogens is 3. The Kier molecular flexibility index (Phi) is 6.43. The first-order valence-electron chi connectivity index (χ1n) is 6.96. The minimum Gasteiger partial charge on any atom is -0.741 e. The van der Waals surface area contributed by atoms with Crippen LogP contribution in [0.4, 0.5) is 13.2 Å². The summed E-state index contributed by atoms with van der Waals surface area (Å²) in [5, 5.41) is 0. The molecule has 140 valence electrons. The molecule has 1 aromatic rings. The first-order chi connectivity index (χ1) is 10.3. The number of rotatable bonds is 1. The van der Waals surface area contributed by atoms with E-state index in [0.29, 0.717) is 0 Å². The minimum absolute atomic E-state index is 0.000694. The van der Waals surface area contributed by atoms with Crippen LogP contribution >= 0.6 is 0 Å². The van der Waals surface area contributed by atoms with E-state index in [1.165, 1.54) is 0 Å². The second kappa shape index (κ2) is 6.83. The zero-order valence-electron chi connectivity index (χ0n) is 14.7. The molecule has 24 heavy (non-hydrogen) atoms. The summed E-state index contributed by atoms with van der Waals surface area (Å²) in [5.41, 5.74) is -4.95. The molecule has 0 aliphatic carbocycles. The summed E-state index contributed by atoms with van der Waals surface area (Å²) in [6.07, 6.45) is 3.96. The highest BCUT2D eigenvalue weighted by atomic mass is 32.2. The summed E-state index contributed by atoms with van der Waals surface area (Å²) < 4.78 is 63.0. The number of alkyl halides is 3. The van der Waals surface area contributed by atoms with Crippen molar-refractivity contribution < 1.29 is 35.5 Å². The largest absolute Gasteiger partial charge is 0.741 e. The van der Waals surface area contributed by atoms with Crippen molar-refractivity contribution in [3.05, 3.63) is 18.2 Å². The Morgan fingerprint density at radius 1 is 1.12 bits per heavy atom. The first kappa shape index (κ1) is 22.6. The van der Waals surface area contributed by atoms with Gasteiger partial charge in [-0.3, -0.25) is 4.79 Å². The van der Waals surface area contributed by atoms with E-state index in [4.69, 9.17) is 13.0 Å². The van der Waals surface area contributed by atoms with Gasteiger partial charge in [0.25, 0.3) is 0 Å². The lowest BCUT2D eigenvalue weighted by Gasteiger charge is -2.17. The van der Waals surface area contributed by atoms with Crippen LogP contribution in [-0.2, 0) is 21.2 Å². The van der Waals surface area contributed by atoms with Crippen molar-refractivity contribution in [3.63, 3.8) is 0 Å². The van der Waals surface area contributed by atoms with E-state index in [9.17, 15) is 18.0 Å². The molecule has 0 saturated carbocycles. The van der Waals surface area contributed by atoms with Crippen LogP contribution in [0.3, 0.4) is 0 Å². The quantitative estimate of drug-likeness (QED) is 0.328. The third-order valence-corrected chi connectivity index (χ3v) is 3.47. The molecular weight excluding hydrogens is 349 g/mol. The number of carbonyl (C=O) groups excluding carboxylic acids is 1. The van der Waals surface area contributed by atoms with E-state index in [0.717, 1.165) is 5.69 Å². The van der Waals surface area contributed by atoms with Crippen LogP contribution in [-0.4, -0.2) is 28.8 Å². The topological polar surface area (TPSA) is 83.1 Å². The van der Waals surface area contributed by atoms with Gasteiger partial charge < -0.3 is 4.55 Å². The molecule has 1 heterocycles. The van der Waals surface area contributed by atoms with Crippen molar-refractivity contribution in [3.8, 4) is 0 Å². The van der Waals surface area contributed by atoms with E-state index in [1.54, 1.807) is 6.92 Å². The summed E-state index contributed by atoms with van der Waals surface area (Å²) in [7, 11) is -6.09. The SMILES string of the molecule is CC(=O)c1c[n+](C(C)(C)C)cn1C(C)(C)C.O=S(=O)([O-])C(F)(F)F. The number of Topliss-reactive ketones (excluding diaryl/α,β-unsaturated/α-hetero) is 1. The van der Waals surface area contributed by atoms with Crippen LogP contribution in [0, 0.1) is 0 Å². The molecule has 0 aliphatic heterocycles. The van der Waals surface area contributed by atoms with Gasteiger partial charge >= 0.3 is 5.51 Å². The molecule has 1 rings (SSSR count). The molecule has 0 N–H and O–H groups in total. The van der Waals surface area contributed by atoms with Gasteiger partial charge in [-0.1, -0.05) is 0 Å². The Morgan fingerprint density at radius 2 is 1.50 bits per heavy atom. The molecule has 0 spiro atoms. The van der Waals surface area contributed by atoms with Crippen molar-refractivity contribution in [2.24, 2.45) is 0 Å². The van der Waals surface area contributed by atoms with Gasteiger partial charge in [0, 0.05) is 6.92 Å². The molecule has 0 atom stereocenters. The second-order valence-electron chi connectivity index (χ2n) is 7.20. The second-order valence-corrected chi connectivity index (χ2v) is 8.58. The average Bonchev–Trinajstić information content (AvgIpc) is 2.70. The van der Waals surface area contributed by atoms with Gasteiger partial charge in [-0.15, -0.1) is 0 Å². The Balaban J connectivity index is 0.000000561.